The molecule has 1 heterocycles. The molecule has 0 radical (unpaired) electrons. The van der Waals surface area contributed by atoms with Crippen molar-refractivity contribution in [2.45, 2.75) is 12.8 Å². The van der Waals surface area contributed by atoms with E-state index in [9.17, 15) is 4.79 Å². The van der Waals surface area contributed by atoms with Crippen LogP contribution in [0, 0.1) is 0 Å². The quantitative estimate of drug-likeness (QED) is 0.804. The highest BCUT2D eigenvalue weighted by Gasteiger charge is 2.06. The molecule has 0 aliphatic heterocycles. The number of aromatic nitrogens is 1. The SMILES string of the molecule is COc1ccc(CCCNC(=O)c2cc(Cl)c[nH]2)cc1. The van der Waals surface area contributed by atoms with E-state index in [1.54, 1.807) is 19.4 Å². The van der Waals surface area contributed by atoms with Gasteiger partial charge in [-0.25, -0.2) is 0 Å². The molecule has 2 N–H and O–H groups in total. The van der Waals surface area contributed by atoms with Gasteiger partial charge in [0, 0.05) is 12.7 Å². The second-order valence-electron chi connectivity index (χ2n) is 4.44. The lowest BCUT2D eigenvalue weighted by molar-refractivity contribution is 0.0949. The van der Waals surface area contributed by atoms with Crippen molar-refractivity contribution in [3.05, 3.63) is 52.8 Å². The van der Waals surface area contributed by atoms with E-state index in [0.29, 0.717) is 17.3 Å². The molecular formula is C15H17ClN2O2. The Kier molecular flexibility index (Phi) is 5.07. The van der Waals surface area contributed by atoms with Crippen molar-refractivity contribution >= 4 is 17.5 Å². The van der Waals surface area contributed by atoms with Gasteiger partial charge in [0.25, 0.3) is 5.91 Å². The number of halogens is 1. The summed E-state index contributed by atoms with van der Waals surface area (Å²) in [5.74, 6) is 0.720. The molecule has 0 atom stereocenters. The summed E-state index contributed by atoms with van der Waals surface area (Å²) >= 11 is 5.75. The molecule has 0 aliphatic carbocycles. The zero-order valence-corrected chi connectivity index (χ0v) is 12.0. The number of rotatable bonds is 6. The molecule has 0 unspecified atom stereocenters. The number of amides is 1. The maximum absolute atomic E-state index is 11.7. The van der Waals surface area contributed by atoms with Crippen molar-refractivity contribution in [3.8, 4) is 5.75 Å². The molecule has 0 aliphatic rings. The third-order valence-electron chi connectivity index (χ3n) is 2.98. The Labute approximate surface area is 123 Å². The fraction of sp³-hybridized carbons (Fsp3) is 0.267. The minimum Gasteiger partial charge on any atom is -0.497 e. The van der Waals surface area contributed by atoms with Crippen LogP contribution in [0.4, 0.5) is 0 Å². The van der Waals surface area contributed by atoms with Gasteiger partial charge in [-0.05, 0) is 36.6 Å². The van der Waals surface area contributed by atoms with Crippen molar-refractivity contribution in [3.63, 3.8) is 0 Å². The van der Waals surface area contributed by atoms with Gasteiger partial charge in [0.05, 0.1) is 12.1 Å². The molecule has 1 aromatic heterocycles. The smallest absolute Gasteiger partial charge is 0.267 e. The van der Waals surface area contributed by atoms with Crippen LogP contribution < -0.4 is 10.1 Å². The van der Waals surface area contributed by atoms with Crippen molar-refractivity contribution in [2.75, 3.05) is 13.7 Å². The average Bonchev–Trinajstić information content (AvgIpc) is 2.91. The van der Waals surface area contributed by atoms with Crippen LogP contribution in [0.5, 0.6) is 5.75 Å². The highest BCUT2D eigenvalue weighted by Crippen LogP contribution is 2.12. The molecular weight excluding hydrogens is 276 g/mol. The number of carbonyl (C=O) groups excluding carboxylic acids is 1. The van der Waals surface area contributed by atoms with Gasteiger partial charge in [0.2, 0.25) is 0 Å². The maximum atomic E-state index is 11.7. The first-order valence-electron chi connectivity index (χ1n) is 6.44. The Hall–Kier alpha value is -1.94. The van der Waals surface area contributed by atoms with Crippen molar-refractivity contribution in [2.24, 2.45) is 0 Å². The second-order valence-corrected chi connectivity index (χ2v) is 4.88. The lowest BCUT2D eigenvalue weighted by Gasteiger charge is -2.05. The Balaban J connectivity index is 1.72. The molecule has 0 bridgehead atoms. The Morgan fingerprint density at radius 2 is 2.10 bits per heavy atom. The van der Waals surface area contributed by atoms with Gasteiger partial charge in [-0.1, -0.05) is 23.7 Å². The maximum Gasteiger partial charge on any atom is 0.267 e. The van der Waals surface area contributed by atoms with Crippen LogP contribution in [0.15, 0.2) is 36.5 Å². The molecule has 2 rings (SSSR count). The van der Waals surface area contributed by atoms with Gasteiger partial charge >= 0.3 is 0 Å². The molecule has 4 nitrogen and oxygen atoms in total. The highest BCUT2D eigenvalue weighted by molar-refractivity contribution is 6.30. The molecule has 1 aromatic carbocycles. The lowest BCUT2D eigenvalue weighted by atomic mass is 10.1. The number of benzene rings is 1. The number of methoxy groups -OCH3 is 1. The predicted octanol–water partition coefficient (Wildman–Crippen LogP) is 3.04. The van der Waals surface area contributed by atoms with Crippen LogP contribution in [-0.2, 0) is 6.42 Å². The van der Waals surface area contributed by atoms with E-state index in [0.717, 1.165) is 18.6 Å². The highest BCUT2D eigenvalue weighted by atomic mass is 35.5. The van der Waals surface area contributed by atoms with Gasteiger partial charge in [-0.15, -0.1) is 0 Å². The number of aromatic amines is 1. The normalized spacial score (nSPS) is 10.3. The van der Waals surface area contributed by atoms with Gasteiger partial charge in [0.1, 0.15) is 11.4 Å². The molecule has 20 heavy (non-hydrogen) atoms. The molecule has 1 amide bonds. The van der Waals surface area contributed by atoms with E-state index >= 15 is 0 Å². The first-order valence-corrected chi connectivity index (χ1v) is 6.82. The lowest BCUT2D eigenvalue weighted by Crippen LogP contribution is -2.25. The molecule has 0 saturated carbocycles. The summed E-state index contributed by atoms with van der Waals surface area (Å²) in [5, 5.41) is 3.39. The summed E-state index contributed by atoms with van der Waals surface area (Å²) in [4.78, 5) is 14.6. The van der Waals surface area contributed by atoms with Crippen molar-refractivity contribution in [1.29, 1.82) is 0 Å². The summed E-state index contributed by atoms with van der Waals surface area (Å²) in [6, 6.07) is 9.56. The molecule has 0 spiro atoms. The Bertz CT molecular complexity index is 564. The number of aryl methyl sites for hydroxylation is 1. The topological polar surface area (TPSA) is 54.1 Å². The third kappa shape index (κ3) is 4.03. The standard InChI is InChI=1S/C15H17ClN2O2/c1-20-13-6-4-11(5-7-13)3-2-8-17-15(19)14-9-12(16)10-18-14/h4-7,9-10,18H,2-3,8H2,1H3,(H,17,19). The summed E-state index contributed by atoms with van der Waals surface area (Å²) < 4.78 is 5.11. The van der Waals surface area contributed by atoms with Crippen molar-refractivity contribution in [1.82, 2.24) is 10.3 Å². The Morgan fingerprint density at radius 3 is 2.70 bits per heavy atom. The van der Waals surface area contributed by atoms with E-state index in [1.165, 1.54) is 5.56 Å². The van der Waals surface area contributed by atoms with Gasteiger partial charge in [0.15, 0.2) is 0 Å². The van der Waals surface area contributed by atoms with Crippen molar-refractivity contribution < 1.29 is 9.53 Å². The molecule has 0 fully saturated rings. The number of ether oxygens (including phenoxy) is 1. The fourth-order valence-corrected chi connectivity index (χ4v) is 2.04. The molecule has 5 heteroatoms. The fourth-order valence-electron chi connectivity index (χ4n) is 1.88. The third-order valence-corrected chi connectivity index (χ3v) is 3.20. The van der Waals surface area contributed by atoms with Crippen LogP contribution in [0.3, 0.4) is 0 Å². The van der Waals surface area contributed by atoms with E-state index in [4.69, 9.17) is 16.3 Å². The zero-order chi connectivity index (χ0) is 14.4. The van der Waals surface area contributed by atoms with E-state index in [1.807, 2.05) is 24.3 Å². The first kappa shape index (κ1) is 14.5. The van der Waals surface area contributed by atoms with Crippen LogP contribution in [-0.4, -0.2) is 24.5 Å². The van der Waals surface area contributed by atoms with Gasteiger partial charge in [-0.3, -0.25) is 4.79 Å². The minimum atomic E-state index is -0.133. The summed E-state index contributed by atoms with van der Waals surface area (Å²) in [7, 11) is 1.65. The van der Waals surface area contributed by atoms with Gasteiger partial charge < -0.3 is 15.0 Å². The summed E-state index contributed by atoms with van der Waals surface area (Å²) in [6.07, 6.45) is 3.39. The number of nitrogens with one attached hydrogen (secondary N) is 2. The summed E-state index contributed by atoms with van der Waals surface area (Å²) in [6.45, 7) is 0.626. The predicted molar refractivity (Wildman–Crippen MR) is 79.5 cm³/mol. The zero-order valence-electron chi connectivity index (χ0n) is 11.3. The monoisotopic (exact) mass is 292 g/mol. The van der Waals surface area contributed by atoms with Crippen LogP contribution >= 0.6 is 11.6 Å². The first-order chi connectivity index (χ1) is 9.69. The van der Waals surface area contributed by atoms with E-state index < -0.39 is 0 Å². The average molecular weight is 293 g/mol. The van der Waals surface area contributed by atoms with E-state index in [2.05, 4.69) is 10.3 Å². The number of H-pyrrole nitrogens is 1. The number of carbonyl (C=O) groups is 1. The minimum absolute atomic E-state index is 0.133. The van der Waals surface area contributed by atoms with Crippen LogP contribution in [0.2, 0.25) is 5.02 Å². The molecule has 2 aromatic rings. The van der Waals surface area contributed by atoms with E-state index in [-0.39, 0.29) is 5.91 Å². The summed E-state index contributed by atoms with van der Waals surface area (Å²) in [5.41, 5.74) is 1.71. The number of hydrogen-bond acceptors (Lipinski definition) is 2. The van der Waals surface area contributed by atoms with Gasteiger partial charge in [-0.2, -0.15) is 0 Å². The second kappa shape index (κ2) is 7.01. The number of hydrogen-bond donors (Lipinski definition) is 2. The van der Waals surface area contributed by atoms with Crippen LogP contribution in [0.25, 0.3) is 0 Å². The molecule has 0 saturated heterocycles. The molecule has 106 valence electrons. The Morgan fingerprint density at radius 1 is 1.35 bits per heavy atom. The largest absolute Gasteiger partial charge is 0.497 e. The van der Waals surface area contributed by atoms with Crippen LogP contribution in [0.1, 0.15) is 22.5 Å².